The van der Waals surface area contributed by atoms with Gasteiger partial charge in [-0.2, -0.15) is 18.2 Å². The Bertz CT molecular complexity index is 860. The molecule has 0 saturated carbocycles. The quantitative estimate of drug-likeness (QED) is 0.618. The molecule has 0 amide bonds. The van der Waals surface area contributed by atoms with Crippen LogP contribution in [0, 0.1) is 5.82 Å². The predicted octanol–water partition coefficient (Wildman–Crippen LogP) is 5.03. The molecule has 3 rings (SSSR count). The van der Waals surface area contributed by atoms with Crippen LogP contribution in [0.4, 0.5) is 17.6 Å². The van der Waals surface area contributed by atoms with Gasteiger partial charge in [0.1, 0.15) is 11.6 Å². The topological polar surface area (TPSA) is 48.2 Å². The Morgan fingerprint density at radius 2 is 1.80 bits per heavy atom. The lowest BCUT2D eigenvalue weighted by Crippen LogP contribution is -2.05. The minimum atomic E-state index is -4.46. The molecule has 8 heteroatoms. The first-order chi connectivity index (χ1) is 11.8. The molecule has 3 aromatic rings. The second kappa shape index (κ2) is 6.54. The number of ether oxygens (including phenoxy) is 1. The van der Waals surface area contributed by atoms with Gasteiger partial charge in [-0.25, -0.2) is 4.39 Å². The summed E-state index contributed by atoms with van der Waals surface area (Å²) in [7, 11) is 0. The van der Waals surface area contributed by atoms with E-state index in [0.29, 0.717) is 5.75 Å². The fourth-order valence-corrected chi connectivity index (χ4v) is 2.12. The van der Waals surface area contributed by atoms with E-state index in [9.17, 15) is 17.6 Å². The molecule has 2 aromatic carbocycles. The van der Waals surface area contributed by atoms with Crippen LogP contribution in [-0.2, 0) is 6.18 Å². The van der Waals surface area contributed by atoms with Crippen LogP contribution in [-0.4, -0.2) is 10.1 Å². The van der Waals surface area contributed by atoms with E-state index in [1.807, 2.05) is 0 Å². The molecule has 4 nitrogen and oxygen atoms in total. The minimum absolute atomic E-state index is 0.0238. The molecule has 1 aromatic heterocycles. The molecular formula is C17H12F4N2O2. The van der Waals surface area contributed by atoms with Gasteiger partial charge in [-0.15, -0.1) is 0 Å². The van der Waals surface area contributed by atoms with Crippen LogP contribution in [0.3, 0.4) is 0 Å². The van der Waals surface area contributed by atoms with Crippen molar-refractivity contribution in [2.45, 2.75) is 19.2 Å². The van der Waals surface area contributed by atoms with E-state index < -0.39 is 23.7 Å². The van der Waals surface area contributed by atoms with E-state index in [4.69, 9.17) is 9.26 Å². The van der Waals surface area contributed by atoms with Crippen molar-refractivity contribution in [3.8, 4) is 17.1 Å². The standard InChI is InChI=1S/C17H12F4N2O2/c1-10(24-14-7-5-13(18)6-8-14)16-22-15(23-25-16)11-3-2-4-12(9-11)17(19,20)21/h2-10H,1H3. The molecule has 0 aliphatic carbocycles. The number of benzene rings is 2. The highest BCUT2D eigenvalue weighted by atomic mass is 19.4. The molecule has 0 N–H and O–H groups in total. The summed E-state index contributed by atoms with van der Waals surface area (Å²) >= 11 is 0. The fraction of sp³-hybridized carbons (Fsp3) is 0.176. The molecule has 1 atom stereocenters. The lowest BCUT2D eigenvalue weighted by molar-refractivity contribution is -0.137. The van der Waals surface area contributed by atoms with Crippen LogP contribution in [0.25, 0.3) is 11.4 Å². The van der Waals surface area contributed by atoms with Gasteiger partial charge in [0.2, 0.25) is 5.82 Å². The van der Waals surface area contributed by atoms with Crippen LogP contribution in [0.1, 0.15) is 24.5 Å². The van der Waals surface area contributed by atoms with Crippen molar-refractivity contribution in [3.63, 3.8) is 0 Å². The van der Waals surface area contributed by atoms with Crippen molar-refractivity contribution < 1.29 is 26.8 Å². The second-order valence-corrected chi connectivity index (χ2v) is 5.25. The molecule has 130 valence electrons. The molecular weight excluding hydrogens is 340 g/mol. The molecule has 25 heavy (non-hydrogen) atoms. The van der Waals surface area contributed by atoms with Crippen molar-refractivity contribution in [3.05, 3.63) is 65.8 Å². The van der Waals surface area contributed by atoms with Crippen molar-refractivity contribution in [1.29, 1.82) is 0 Å². The van der Waals surface area contributed by atoms with Gasteiger partial charge in [0.05, 0.1) is 5.56 Å². The average molecular weight is 352 g/mol. The molecule has 0 aliphatic heterocycles. The molecule has 1 heterocycles. The Morgan fingerprint density at radius 3 is 2.48 bits per heavy atom. The first-order valence-electron chi connectivity index (χ1n) is 7.26. The van der Waals surface area contributed by atoms with Gasteiger partial charge in [-0.05, 0) is 43.3 Å². The Morgan fingerprint density at radius 1 is 1.08 bits per heavy atom. The van der Waals surface area contributed by atoms with E-state index in [0.717, 1.165) is 12.1 Å². The summed E-state index contributed by atoms with van der Waals surface area (Å²) in [6, 6.07) is 9.99. The van der Waals surface area contributed by atoms with E-state index >= 15 is 0 Å². The van der Waals surface area contributed by atoms with Crippen LogP contribution in [0.5, 0.6) is 5.75 Å². The fourth-order valence-electron chi connectivity index (χ4n) is 2.12. The van der Waals surface area contributed by atoms with Gasteiger partial charge in [-0.3, -0.25) is 0 Å². The summed E-state index contributed by atoms with van der Waals surface area (Å²) in [5.41, 5.74) is -0.620. The number of hydrogen-bond acceptors (Lipinski definition) is 4. The Labute approximate surface area is 140 Å². The van der Waals surface area contributed by atoms with Gasteiger partial charge in [-0.1, -0.05) is 17.3 Å². The number of rotatable bonds is 4. The molecule has 0 radical (unpaired) electrons. The predicted molar refractivity (Wildman–Crippen MR) is 80.2 cm³/mol. The average Bonchev–Trinajstić information content (AvgIpc) is 3.06. The largest absolute Gasteiger partial charge is 0.481 e. The third-order valence-electron chi connectivity index (χ3n) is 3.36. The first kappa shape index (κ1) is 16.9. The normalized spacial score (nSPS) is 12.8. The lowest BCUT2D eigenvalue weighted by Gasteiger charge is -2.10. The van der Waals surface area contributed by atoms with Crippen molar-refractivity contribution in [2.24, 2.45) is 0 Å². The van der Waals surface area contributed by atoms with Gasteiger partial charge < -0.3 is 9.26 Å². The van der Waals surface area contributed by atoms with Crippen molar-refractivity contribution >= 4 is 0 Å². The van der Waals surface area contributed by atoms with Crippen LogP contribution in [0.2, 0.25) is 0 Å². The molecule has 0 bridgehead atoms. The molecule has 0 fully saturated rings. The highest BCUT2D eigenvalue weighted by molar-refractivity contribution is 5.55. The van der Waals surface area contributed by atoms with Crippen LogP contribution in [0.15, 0.2) is 53.1 Å². The maximum Gasteiger partial charge on any atom is 0.416 e. The second-order valence-electron chi connectivity index (χ2n) is 5.25. The molecule has 0 aliphatic rings. The molecule has 0 spiro atoms. The van der Waals surface area contributed by atoms with Gasteiger partial charge in [0.25, 0.3) is 5.89 Å². The van der Waals surface area contributed by atoms with Crippen LogP contribution < -0.4 is 4.74 Å². The lowest BCUT2D eigenvalue weighted by atomic mass is 10.1. The zero-order valence-electron chi connectivity index (χ0n) is 12.9. The maximum absolute atomic E-state index is 12.9. The van der Waals surface area contributed by atoms with E-state index in [1.54, 1.807) is 6.92 Å². The summed E-state index contributed by atoms with van der Waals surface area (Å²) in [6.07, 6.45) is -5.11. The van der Waals surface area contributed by atoms with Gasteiger partial charge >= 0.3 is 6.18 Å². The third-order valence-corrected chi connectivity index (χ3v) is 3.36. The number of nitrogens with zero attached hydrogens (tertiary/aromatic N) is 2. The molecule has 1 unspecified atom stereocenters. The Hall–Kier alpha value is -2.90. The summed E-state index contributed by atoms with van der Waals surface area (Å²) in [6.45, 7) is 1.63. The Balaban J connectivity index is 1.79. The number of halogens is 4. The first-order valence-corrected chi connectivity index (χ1v) is 7.26. The van der Waals surface area contributed by atoms with E-state index in [-0.39, 0.29) is 17.3 Å². The van der Waals surface area contributed by atoms with Gasteiger partial charge in [0, 0.05) is 5.56 Å². The summed E-state index contributed by atoms with van der Waals surface area (Å²) in [4.78, 5) is 4.07. The zero-order valence-corrected chi connectivity index (χ0v) is 12.9. The third kappa shape index (κ3) is 3.96. The number of hydrogen-bond donors (Lipinski definition) is 0. The number of alkyl halides is 3. The highest BCUT2D eigenvalue weighted by Crippen LogP contribution is 2.32. The Kier molecular flexibility index (Phi) is 4.43. The smallest absolute Gasteiger partial charge is 0.416 e. The summed E-state index contributed by atoms with van der Waals surface area (Å²) in [5, 5.41) is 3.69. The minimum Gasteiger partial charge on any atom is -0.481 e. The zero-order chi connectivity index (χ0) is 18.0. The van der Waals surface area contributed by atoms with Crippen molar-refractivity contribution in [1.82, 2.24) is 10.1 Å². The monoisotopic (exact) mass is 352 g/mol. The number of aromatic nitrogens is 2. The van der Waals surface area contributed by atoms with E-state index in [2.05, 4.69) is 10.1 Å². The van der Waals surface area contributed by atoms with Gasteiger partial charge in [0.15, 0.2) is 6.10 Å². The summed E-state index contributed by atoms with van der Waals surface area (Å²) < 4.78 is 61.8. The highest BCUT2D eigenvalue weighted by Gasteiger charge is 2.31. The molecule has 0 saturated heterocycles. The van der Waals surface area contributed by atoms with E-state index in [1.165, 1.54) is 36.4 Å². The summed E-state index contributed by atoms with van der Waals surface area (Å²) in [5.74, 6) is 0.115. The van der Waals surface area contributed by atoms with Crippen molar-refractivity contribution in [2.75, 3.05) is 0 Å². The van der Waals surface area contributed by atoms with Crippen LogP contribution >= 0.6 is 0 Å². The SMILES string of the molecule is CC(Oc1ccc(F)cc1)c1nc(-c2cccc(C(F)(F)F)c2)no1. The maximum atomic E-state index is 12.9.